The SMILES string of the molecule is CCCCCC(F)C(F)(F)C(F)(F)S(=O)(=O)O.CNC. The van der Waals surface area contributed by atoms with Gasteiger partial charge in [-0.2, -0.15) is 26.0 Å². The molecule has 0 saturated heterocycles. The van der Waals surface area contributed by atoms with Crippen molar-refractivity contribution in [2.45, 2.75) is 50.0 Å². The second-order valence-corrected chi connectivity index (χ2v) is 5.54. The van der Waals surface area contributed by atoms with Gasteiger partial charge in [0.1, 0.15) is 0 Å². The van der Waals surface area contributed by atoms with Crippen LogP contribution in [0.2, 0.25) is 0 Å². The molecule has 0 amide bonds. The molecule has 1 atom stereocenters. The van der Waals surface area contributed by atoms with Crippen LogP contribution < -0.4 is 5.32 Å². The summed E-state index contributed by atoms with van der Waals surface area (Å²) in [5.74, 6) is -5.45. The minimum atomic E-state index is -6.36. The van der Waals surface area contributed by atoms with E-state index in [1.165, 1.54) is 0 Å². The number of rotatable bonds is 7. The molecule has 20 heavy (non-hydrogen) atoms. The van der Waals surface area contributed by atoms with E-state index in [0.29, 0.717) is 12.8 Å². The van der Waals surface area contributed by atoms with Crippen molar-refractivity contribution in [1.82, 2.24) is 5.32 Å². The minimum Gasteiger partial charge on any atom is -0.323 e. The highest BCUT2D eigenvalue weighted by Crippen LogP contribution is 2.43. The van der Waals surface area contributed by atoms with Crippen LogP contribution in [0.5, 0.6) is 0 Å². The van der Waals surface area contributed by atoms with Crippen LogP contribution in [0, 0.1) is 0 Å². The van der Waals surface area contributed by atoms with Crippen molar-refractivity contribution >= 4 is 10.1 Å². The third kappa shape index (κ3) is 5.88. The molecule has 124 valence electrons. The molecule has 0 heterocycles. The summed E-state index contributed by atoms with van der Waals surface area (Å²) in [6, 6.07) is 0. The van der Waals surface area contributed by atoms with Gasteiger partial charge in [0.2, 0.25) is 0 Å². The van der Waals surface area contributed by atoms with Gasteiger partial charge in [-0.15, -0.1) is 0 Å². The molecule has 0 aliphatic heterocycles. The van der Waals surface area contributed by atoms with Crippen LogP contribution in [0.4, 0.5) is 22.0 Å². The molecule has 0 saturated carbocycles. The summed E-state index contributed by atoms with van der Waals surface area (Å²) >= 11 is 0. The normalized spacial score (nSPS) is 14.4. The van der Waals surface area contributed by atoms with Crippen LogP contribution in [0.1, 0.15) is 32.6 Å². The highest BCUT2D eigenvalue weighted by molar-refractivity contribution is 7.87. The Morgan fingerprint density at radius 2 is 1.55 bits per heavy atom. The van der Waals surface area contributed by atoms with Gasteiger partial charge in [-0.05, 0) is 20.5 Å². The standard InChI is InChI=1S/C8H13F5O3S.C2H7N/c1-2-3-4-5-6(9)7(10,11)8(12,13)17(14,15)16;1-3-2/h6H,2-5H2,1H3,(H,14,15,16);3H,1-2H3. The van der Waals surface area contributed by atoms with Gasteiger partial charge in [0, 0.05) is 0 Å². The molecule has 0 bridgehead atoms. The van der Waals surface area contributed by atoms with Crippen molar-refractivity contribution in [2.24, 2.45) is 0 Å². The lowest BCUT2D eigenvalue weighted by atomic mass is 10.1. The Morgan fingerprint density at radius 1 is 1.15 bits per heavy atom. The van der Waals surface area contributed by atoms with Crippen molar-refractivity contribution < 1.29 is 34.9 Å². The van der Waals surface area contributed by atoms with Crippen molar-refractivity contribution in [3.63, 3.8) is 0 Å². The average molecular weight is 329 g/mol. The maximum atomic E-state index is 12.9. The van der Waals surface area contributed by atoms with Gasteiger partial charge in [0.05, 0.1) is 0 Å². The molecule has 0 aliphatic rings. The molecule has 1 unspecified atom stereocenters. The summed E-state index contributed by atoms with van der Waals surface area (Å²) in [5.41, 5.74) is 0. The molecule has 0 aromatic carbocycles. The Bertz CT molecular complexity index is 362. The lowest BCUT2D eigenvalue weighted by Crippen LogP contribution is -2.52. The molecule has 0 radical (unpaired) electrons. The predicted molar refractivity (Wildman–Crippen MR) is 65.5 cm³/mol. The molecule has 0 aromatic rings. The smallest absolute Gasteiger partial charge is 0.323 e. The van der Waals surface area contributed by atoms with Crippen molar-refractivity contribution in [1.29, 1.82) is 0 Å². The Balaban J connectivity index is 0. The molecular formula is C10H20F5NO3S. The molecule has 0 rings (SSSR count). The van der Waals surface area contributed by atoms with E-state index in [1.807, 2.05) is 14.1 Å². The van der Waals surface area contributed by atoms with Gasteiger partial charge in [0.15, 0.2) is 6.17 Å². The quantitative estimate of drug-likeness (QED) is 0.428. The second-order valence-electron chi connectivity index (χ2n) is 4.08. The lowest BCUT2D eigenvalue weighted by molar-refractivity contribution is -0.198. The molecule has 0 aromatic heterocycles. The summed E-state index contributed by atoms with van der Waals surface area (Å²) in [7, 11) is -2.61. The summed E-state index contributed by atoms with van der Waals surface area (Å²) in [6.07, 6.45) is -3.38. The van der Waals surface area contributed by atoms with E-state index in [4.69, 9.17) is 4.55 Å². The number of hydrogen-bond donors (Lipinski definition) is 2. The first-order valence-corrected chi connectivity index (χ1v) is 7.29. The average Bonchev–Trinajstić information content (AvgIpc) is 2.28. The first-order valence-electron chi connectivity index (χ1n) is 5.85. The van der Waals surface area contributed by atoms with E-state index in [0.717, 1.165) is 0 Å². The molecule has 4 nitrogen and oxygen atoms in total. The van der Waals surface area contributed by atoms with Crippen LogP contribution in [-0.2, 0) is 10.1 Å². The fourth-order valence-electron chi connectivity index (χ4n) is 1.11. The monoisotopic (exact) mass is 329 g/mol. The zero-order valence-electron chi connectivity index (χ0n) is 11.5. The Labute approximate surface area is 115 Å². The topological polar surface area (TPSA) is 66.4 Å². The predicted octanol–water partition coefficient (Wildman–Crippen LogP) is 2.86. The largest absolute Gasteiger partial charge is 0.434 e. The second kappa shape index (κ2) is 8.73. The molecular weight excluding hydrogens is 309 g/mol. The summed E-state index contributed by atoms with van der Waals surface area (Å²) in [6.45, 7) is 1.69. The Morgan fingerprint density at radius 3 is 1.85 bits per heavy atom. The lowest BCUT2D eigenvalue weighted by Gasteiger charge is -2.26. The number of halogens is 5. The van der Waals surface area contributed by atoms with E-state index >= 15 is 0 Å². The van der Waals surface area contributed by atoms with Crippen molar-refractivity contribution in [3.05, 3.63) is 0 Å². The maximum absolute atomic E-state index is 12.9. The highest BCUT2D eigenvalue weighted by atomic mass is 32.2. The summed E-state index contributed by atoms with van der Waals surface area (Å²) in [4.78, 5) is 0. The summed E-state index contributed by atoms with van der Waals surface area (Å²) < 4.78 is 92.1. The highest BCUT2D eigenvalue weighted by Gasteiger charge is 2.69. The first kappa shape index (κ1) is 21.8. The number of hydrogen-bond acceptors (Lipinski definition) is 3. The van der Waals surface area contributed by atoms with E-state index in [1.54, 1.807) is 6.92 Å². The fourth-order valence-corrected chi connectivity index (χ4v) is 1.58. The van der Waals surface area contributed by atoms with Gasteiger partial charge < -0.3 is 5.32 Å². The van der Waals surface area contributed by atoms with E-state index in [9.17, 15) is 30.4 Å². The Hall–Kier alpha value is -0.480. The Kier molecular flexibility index (Phi) is 9.52. The van der Waals surface area contributed by atoms with Crippen LogP contribution in [-0.4, -0.2) is 44.4 Å². The summed E-state index contributed by atoms with van der Waals surface area (Å²) in [5, 5.41) is -3.08. The molecule has 0 aliphatic carbocycles. The maximum Gasteiger partial charge on any atom is 0.434 e. The molecule has 10 heteroatoms. The molecule has 0 fully saturated rings. The van der Waals surface area contributed by atoms with E-state index in [2.05, 4.69) is 5.32 Å². The van der Waals surface area contributed by atoms with E-state index in [-0.39, 0.29) is 6.42 Å². The van der Waals surface area contributed by atoms with Crippen LogP contribution in [0.3, 0.4) is 0 Å². The van der Waals surface area contributed by atoms with Gasteiger partial charge >= 0.3 is 21.3 Å². The zero-order chi connectivity index (χ0) is 16.6. The van der Waals surface area contributed by atoms with Gasteiger partial charge in [-0.1, -0.05) is 26.2 Å². The third-order valence-electron chi connectivity index (χ3n) is 2.17. The first-order chi connectivity index (χ1) is 8.90. The number of alkyl halides is 5. The minimum absolute atomic E-state index is 0.0746. The third-order valence-corrected chi connectivity index (χ3v) is 3.09. The number of unbranched alkanes of at least 4 members (excludes halogenated alkanes) is 2. The van der Waals surface area contributed by atoms with Gasteiger partial charge in [0.25, 0.3) is 0 Å². The molecule has 2 N–H and O–H groups in total. The zero-order valence-corrected chi connectivity index (χ0v) is 12.3. The van der Waals surface area contributed by atoms with Crippen LogP contribution >= 0.6 is 0 Å². The van der Waals surface area contributed by atoms with E-state index < -0.39 is 33.9 Å². The molecule has 0 spiro atoms. The van der Waals surface area contributed by atoms with Crippen LogP contribution in [0.25, 0.3) is 0 Å². The van der Waals surface area contributed by atoms with Gasteiger partial charge in [-0.3, -0.25) is 4.55 Å². The fraction of sp³-hybridized carbons (Fsp3) is 1.00. The van der Waals surface area contributed by atoms with Crippen molar-refractivity contribution in [2.75, 3.05) is 14.1 Å². The van der Waals surface area contributed by atoms with Gasteiger partial charge in [-0.25, -0.2) is 4.39 Å². The van der Waals surface area contributed by atoms with Crippen molar-refractivity contribution in [3.8, 4) is 0 Å². The van der Waals surface area contributed by atoms with Crippen LogP contribution in [0.15, 0.2) is 0 Å². The number of nitrogens with one attached hydrogen (secondary N) is 1.